The van der Waals surface area contributed by atoms with Crippen LogP contribution in [0, 0.1) is 0 Å². The maximum Gasteiger partial charge on any atom is 0.119 e. The SMILES string of the molecule is CC(C)(C)c1ccc(OCCNC2CC2)cc1. The zero-order valence-corrected chi connectivity index (χ0v) is 11.1. The van der Waals surface area contributed by atoms with Gasteiger partial charge in [-0.2, -0.15) is 0 Å². The lowest BCUT2D eigenvalue weighted by atomic mass is 9.87. The second-order valence-corrected chi connectivity index (χ2v) is 5.85. The van der Waals surface area contributed by atoms with E-state index in [-0.39, 0.29) is 5.41 Å². The van der Waals surface area contributed by atoms with Gasteiger partial charge in [-0.25, -0.2) is 0 Å². The molecule has 0 bridgehead atoms. The minimum Gasteiger partial charge on any atom is -0.492 e. The molecule has 1 fully saturated rings. The average Bonchev–Trinajstić information content (AvgIpc) is 3.08. The summed E-state index contributed by atoms with van der Waals surface area (Å²) >= 11 is 0. The summed E-state index contributed by atoms with van der Waals surface area (Å²) < 4.78 is 5.69. The number of hydrogen-bond donors (Lipinski definition) is 1. The van der Waals surface area contributed by atoms with E-state index in [4.69, 9.17) is 4.74 Å². The average molecular weight is 233 g/mol. The molecule has 0 amide bonds. The van der Waals surface area contributed by atoms with Crippen molar-refractivity contribution in [3.8, 4) is 5.75 Å². The zero-order chi connectivity index (χ0) is 12.3. The summed E-state index contributed by atoms with van der Waals surface area (Å²) in [5.41, 5.74) is 1.56. The van der Waals surface area contributed by atoms with Gasteiger partial charge in [-0.3, -0.25) is 0 Å². The van der Waals surface area contributed by atoms with Crippen molar-refractivity contribution >= 4 is 0 Å². The fourth-order valence-corrected chi connectivity index (χ4v) is 1.77. The molecule has 0 saturated heterocycles. The van der Waals surface area contributed by atoms with Crippen LogP contribution < -0.4 is 10.1 Å². The molecule has 1 N–H and O–H groups in total. The first kappa shape index (κ1) is 12.4. The molecule has 0 aromatic heterocycles. The lowest BCUT2D eigenvalue weighted by Gasteiger charge is -2.19. The van der Waals surface area contributed by atoms with E-state index in [2.05, 4.69) is 50.4 Å². The Morgan fingerprint density at radius 3 is 2.35 bits per heavy atom. The lowest BCUT2D eigenvalue weighted by molar-refractivity contribution is 0.313. The topological polar surface area (TPSA) is 21.3 Å². The Morgan fingerprint density at radius 2 is 1.82 bits per heavy atom. The van der Waals surface area contributed by atoms with Gasteiger partial charge in [-0.1, -0.05) is 32.9 Å². The summed E-state index contributed by atoms with van der Waals surface area (Å²) in [4.78, 5) is 0. The molecule has 1 aliphatic carbocycles. The van der Waals surface area contributed by atoms with Gasteiger partial charge < -0.3 is 10.1 Å². The highest BCUT2D eigenvalue weighted by Gasteiger charge is 2.19. The summed E-state index contributed by atoms with van der Waals surface area (Å²) in [6.07, 6.45) is 2.67. The molecular formula is C15H23NO. The molecule has 1 aliphatic rings. The van der Waals surface area contributed by atoms with Crippen LogP contribution in [0.5, 0.6) is 5.75 Å². The summed E-state index contributed by atoms with van der Waals surface area (Å²) in [5, 5.41) is 3.44. The van der Waals surface area contributed by atoms with Gasteiger partial charge in [0.2, 0.25) is 0 Å². The van der Waals surface area contributed by atoms with Crippen LogP contribution in [0.15, 0.2) is 24.3 Å². The van der Waals surface area contributed by atoms with Crippen LogP contribution in [0.4, 0.5) is 0 Å². The molecule has 1 aromatic rings. The van der Waals surface area contributed by atoms with Crippen molar-refractivity contribution in [2.75, 3.05) is 13.2 Å². The van der Waals surface area contributed by atoms with E-state index in [1.54, 1.807) is 0 Å². The number of rotatable bonds is 5. The first-order valence-electron chi connectivity index (χ1n) is 6.52. The normalized spacial score (nSPS) is 15.9. The molecule has 2 nitrogen and oxygen atoms in total. The Morgan fingerprint density at radius 1 is 1.18 bits per heavy atom. The largest absolute Gasteiger partial charge is 0.492 e. The maximum absolute atomic E-state index is 5.69. The van der Waals surface area contributed by atoms with Crippen molar-refractivity contribution in [3.63, 3.8) is 0 Å². The molecule has 94 valence electrons. The predicted molar refractivity (Wildman–Crippen MR) is 71.7 cm³/mol. The van der Waals surface area contributed by atoms with Gasteiger partial charge in [-0.05, 0) is 36.0 Å². The Hall–Kier alpha value is -1.02. The van der Waals surface area contributed by atoms with E-state index in [1.807, 2.05) is 0 Å². The van der Waals surface area contributed by atoms with Crippen LogP contribution in [0.25, 0.3) is 0 Å². The highest BCUT2D eigenvalue weighted by atomic mass is 16.5. The molecule has 0 radical (unpaired) electrons. The highest BCUT2D eigenvalue weighted by Crippen LogP contribution is 2.24. The van der Waals surface area contributed by atoms with Crippen molar-refractivity contribution < 1.29 is 4.74 Å². The Labute approximate surface area is 104 Å². The molecule has 0 atom stereocenters. The van der Waals surface area contributed by atoms with Gasteiger partial charge in [0.15, 0.2) is 0 Å². The lowest BCUT2D eigenvalue weighted by Crippen LogP contribution is -2.22. The molecule has 0 spiro atoms. The van der Waals surface area contributed by atoms with E-state index in [0.29, 0.717) is 0 Å². The Bertz CT molecular complexity index is 346. The van der Waals surface area contributed by atoms with Crippen molar-refractivity contribution in [1.29, 1.82) is 0 Å². The number of ether oxygens (including phenoxy) is 1. The second-order valence-electron chi connectivity index (χ2n) is 5.85. The molecule has 0 unspecified atom stereocenters. The van der Waals surface area contributed by atoms with Gasteiger partial charge >= 0.3 is 0 Å². The van der Waals surface area contributed by atoms with Crippen LogP contribution in [-0.2, 0) is 5.41 Å². The molecule has 1 aromatic carbocycles. The van der Waals surface area contributed by atoms with E-state index in [1.165, 1.54) is 18.4 Å². The Kier molecular flexibility index (Phi) is 3.72. The number of hydrogen-bond acceptors (Lipinski definition) is 2. The summed E-state index contributed by atoms with van der Waals surface area (Å²) in [5.74, 6) is 0.968. The van der Waals surface area contributed by atoms with Crippen LogP contribution in [-0.4, -0.2) is 19.2 Å². The molecule has 0 heterocycles. The van der Waals surface area contributed by atoms with E-state index in [0.717, 1.165) is 24.9 Å². The first-order valence-corrected chi connectivity index (χ1v) is 6.52. The second kappa shape index (κ2) is 5.09. The number of nitrogens with one attached hydrogen (secondary N) is 1. The standard InChI is InChI=1S/C15H23NO/c1-15(2,3)12-4-8-14(9-5-12)17-11-10-16-13-6-7-13/h4-5,8-9,13,16H,6-7,10-11H2,1-3H3. The third-order valence-electron chi connectivity index (χ3n) is 3.10. The number of benzene rings is 1. The first-order chi connectivity index (χ1) is 8.05. The minimum atomic E-state index is 0.214. The molecule has 2 heteroatoms. The van der Waals surface area contributed by atoms with Gasteiger partial charge in [0.1, 0.15) is 12.4 Å². The van der Waals surface area contributed by atoms with E-state index < -0.39 is 0 Å². The van der Waals surface area contributed by atoms with Crippen molar-refractivity contribution in [1.82, 2.24) is 5.32 Å². The third kappa shape index (κ3) is 4.04. The fraction of sp³-hybridized carbons (Fsp3) is 0.600. The predicted octanol–water partition coefficient (Wildman–Crippen LogP) is 3.11. The molecular weight excluding hydrogens is 210 g/mol. The van der Waals surface area contributed by atoms with Gasteiger partial charge in [0.05, 0.1) is 0 Å². The molecule has 2 rings (SSSR count). The fourth-order valence-electron chi connectivity index (χ4n) is 1.77. The van der Waals surface area contributed by atoms with Crippen LogP contribution >= 0.6 is 0 Å². The van der Waals surface area contributed by atoms with Crippen LogP contribution in [0.3, 0.4) is 0 Å². The highest BCUT2D eigenvalue weighted by molar-refractivity contribution is 5.31. The van der Waals surface area contributed by atoms with E-state index in [9.17, 15) is 0 Å². The summed E-state index contributed by atoms with van der Waals surface area (Å²) in [7, 11) is 0. The van der Waals surface area contributed by atoms with Gasteiger partial charge in [-0.15, -0.1) is 0 Å². The van der Waals surface area contributed by atoms with E-state index >= 15 is 0 Å². The third-order valence-corrected chi connectivity index (χ3v) is 3.10. The minimum absolute atomic E-state index is 0.214. The van der Waals surface area contributed by atoms with Crippen LogP contribution in [0.1, 0.15) is 39.2 Å². The molecule has 0 aliphatic heterocycles. The summed E-state index contributed by atoms with van der Waals surface area (Å²) in [6.45, 7) is 8.38. The smallest absolute Gasteiger partial charge is 0.119 e. The Balaban J connectivity index is 1.76. The van der Waals surface area contributed by atoms with Gasteiger partial charge in [0, 0.05) is 12.6 Å². The van der Waals surface area contributed by atoms with Crippen molar-refractivity contribution in [2.24, 2.45) is 0 Å². The molecule has 1 saturated carbocycles. The zero-order valence-electron chi connectivity index (χ0n) is 11.1. The monoisotopic (exact) mass is 233 g/mol. The quantitative estimate of drug-likeness (QED) is 0.789. The molecule has 17 heavy (non-hydrogen) atoms. The van der Waals surface area contributed by atoms with Crippen molar-refractivity contribution in [3.05, 3.63) is 29.8 Å². The summed E-state index contributed by atoms with van der Waals surface area (Å²) in [6, 6.07) is 9.21. The van der Waals surface area contributed by atoms with Gasteiger partial charge in [0.25, 0.3) is 0 Å². The van der Waals surface area contributed by atoms with Crippen molar-refractivity contribution in [2.45, 2.75) is 45.1 Å². The maximum atomic E-state index is 5.69. The van der Waals surface area contributed by atoms with Crippen LogP contribution in [0.2, 0.25) is 0 Å².